The van der Waals surface area contributed by atoms with Crippen molar-refractivity contribution in [3.8, 4) is 0 Å². The van der Waals surface area contributed by atoms with E-state index < -0.39 is 18.0 Å². The van der Waals surface area contributed by atoms with Gasteiger partial charge in [0.25, 0.3) is 0 Å². The molecule has 21 heavy (non-hydrogen) atoms. The lowest BCUT2D eigenvalue weighted by Crippen LogP contribution is -2.46. The fourth-order valence-electron chi connectivity index (χ4n) is 2.09. The zero-order valence-electron chi connectivity index (χ0n) is 12.0. The molecule has 2 amide bonds. The molecule has 1 atom stereocenters. The maximum Gasteiger partial charge on any atom is 0.326 e. The number of amides is 2. The molecule has 0 saturated heterocycles. The number of fused-ring (bicyclic) bond motifs is 1. The lowest BCUT2D eigenvalue weighted by Gasteiger charge is -2.18. The average molecular weight is 286 g/mol. The Balaban J connectivity index is 2.08. The monoisotopic (exact) mass is 286 g/mol. The van der Waals surface area contributed by atoms with Gasteiger partial charge in [0, 0.05) is 5.69 Å². The van der Waals surface area contributed by atoms with Gasteiger partial charge in [-0.15, -0.1) is 0 Å². The molecule has 0 aliphatic carbocycles. The second-order valence-corrected chi connectivity index (χ2v) is 5.22. The highest BCUT2D eigenvalue weighted by Gasteiger charge is 2.23. The third kappa shape index (κ3) is 3.72. The van der Waals surface area contributed by atoms with Crippen molar-refractivity contribution in [2.75, 3.05) is 5.32 Å². The van der Waals surface area contributed by atoms with E-state index in [0.29, 0.717) is 5.69 Å². The van der Waals surface area contributed by atoms with E-state index in [1.165, 1.54) is 0 Å². The molecule has 0 bridgehead atoms. The average Bonchev–Trinajstić information content (AvgIpc) is 2.44. The van der Waals surface area contributed by atoms with Crippen LogP contribution in [0.3, 0.4) is 0 Å². The van der Waals surface area contributed by atoms with Crippen molar-refractivity contribution in [2.24, 2.45) is 5.92 Å². The molecular weight excluding hydrogens is 268 g/mol. The first kappa shape index (κ1) is 14.8. The molecule has 0 fully saturated rings. The Morgan fingerprint density at radius 3 is 2.33 bits per heavy atom. The van der Waals surface area contributed by atoms with Crippen molar-refractivity contribution < 1.29 is 14.7 Å². The van der Waals surface area contributed by atoms with Gasteiger partial charge in [-0.3, -0.25) is 0 Å². The maximum atomic E-state index is 11.9. The fraction of sp³-hybridized carbons (Fsp3) is 0.250. The Labute approximate surface area is 123 Å². The summed E-state index contributed by atoms with van der Waals surface area (Å²) < 4.78 is 0. The van der Waals surface area contributed by atoms with E-state index in [2.05, 4.69) is 10.6 Å². The van der Waals surface area contributed by atoms with Gasteiger partial charge < -0.3 is 15.7 Å². The summed E-state index contributed by atoms with van der Waals surface area (Å²) in [6, 6.07) is 11.9. The first-order chi connectivity index (χ1) is 9.97. The third-order valence-electron chi connectivity index (χ3n) is 3.23. The van der Waals surface area contributed by atoms with E-state index in [4.69, 9.17) is 5.11 Å². The van der Waals surface area contributed by atoms with Crippen LogP contribution in [0, 0.1) is 5.92 Å². The highest BCUT2D eigenvalue weighted by molar-refractivity contribution is 5.95. The van der Waals surface area contributed by atoms with Crippen LogP contribution < -0.4 is 10.6 Å². The largest absolute Gasteiger partial charge is 0.480 e. The lowest BCUT2D eigenvalue weighted by molar-refractivity contribution is -0.140. The second-order valence-electron chi connectivity index (χ2n) is 5.22. The van der Waals surface area contributed by atoms with Crippen molar-refractivity contribution in [1.82, 2.24) is 5.32 Å². The summed E-state index contributed by atoms with van der Waals surface area (Å²) in [7, 11) is 0. The molecule has 0 aliphatic heterocycles. The molecule has 0 spiro atoms. The number of rotatable bonds is 4. The first-order valence-electron chi connectivity index (χ1n) is 6.76. The smallest absolute Gasteiger partial charge is 0.326 e. The van der Waals surface area contributed by atoms with E-state index in [9.17, 15) is 9.59 Å². The minimum atomic E-state index is -1.04. The highest BCUT2D eigenvalue weighted by Crippen LogP contribution is 2.18. The molecule has 2 aromatic rings. The number of carbonyl (C=O) groups excluding carboxylic acids is 1. The Kier molecular flexibility index (Phi) is 4.42. The Morgan fingerprint density at radius 2 is 1.71 bits per heavy atom. The molecule has 0 aliphatic rings. The number of hydrogen-bond acceptors (Lipinski definition) is 2. The van der Waals surface area contributed by atoms with Gasteiger partial charge in [-0.1, -0.05) is 44.2 Å². The number of carboxylic acid groups (broad SMARTS) is 1. The number of carboxylic acids is 1. The Bertz CT molecular complexity index is 667. The molecule has 0 unspecified atom stereocenters. The van der Waals surface area contributed by atoms with Gasteiger partial charge in [0.2, 0.25) is 0 Å². The van der Waals surface area contributed by atoms with Gasteiger partial charge in [-0.2, -0.15) is 0 Å². The molecule has 0 heterocycles. The summed E-state index contributed by atoms with van der Waals surface area (Å²) in [5.41, 5.74) is 0.624. The molecular formula is C16H18N2O3. The van der Waals surface area contributed by atoms with Crippen LogP contribution in [0.25, 0.3) is 10.8 Å². The van der Waals surface area contributed by atoms with Crippen LogP contribution in [0.4, 0.5) is 10.5 Å². The standard InChI is InChI=1S/C16H18N2O3/c1-10(2)14(15(19)20)18-16(21)17-13-8-7-11-5-3-4-6-12(11)9-13/h3-10,14H,1-2H3,(H,19,20)(H2,17,18,21)/t14-/m0/s1. The van der Waals surface area contributed by atoms with Gasteiger partial charge in [-0.25, -0.2) is 9.59 Å². The van der Waals surface area contributed by atoms with E-state index in [0.717, 1.165) is 10.8 Å². The normalized spacial score (nSPS) is 12.1. The van der Waals surface area contributed by atoms with E-state index in [-0.39, 0.29) is 5.92 Å². The molecule has 5 nitrogen and oxygen atoms in total. The van der Waals surface area contributed by atoms with E-state index in [1.807, 2.05) is 36.4 Å². The van der Waals surface area contributed by atoms with Crippen LogP contribution in [0.5, 0.6) is 0 Å². The predicted molar refractivity (Wildman–Crippen MR) is 82.4 cm³/mol. The minimum Gasteiger partial charge on any atom is -0.480 e. The first-order valence-corrected chi connectivity index (χ1v) is 6.76. The number of benzene rings is 2. The number of urea groups is 1. The van der Waals surface area contributed by atoms with Crippen molar-refractivity contribution in [3.63, 3.8) is 0 Å². The molecule has 3 N–H and O–H groups in total. The van der Waals surface area contributed by atoms with E-state index in [1.54, 1.807) is 19.9 Å². The molecule has 5 heteroatoms. The minimum absolute atomic E-state index is 0.190. The number of nitrogens with one attached hydrogen (secondary N) is 2. The van der Waals surface area contributed by atoms with Crippen LogP contribution in [0.15, 0.2) is 42.5 Å². The van der Waals surface area contributed by atoms with Crippen molar-refractivity contribution in [3.05, 3.63) is 42.5 Å². The topological polar surface area (TPSA) is 78.4 Å². The van der Waals surface area contributed by atoms with Gasteiger partial charge in [0.05, 0.1) is 0 Å². The maximum absolute atomic E-state index is 11.9. The van der Waals surface area contributed by atoms with Crippen LogP contribution in [-0.4, -0.2) is 23.1 Å². The highest BCUT2D eigenvalue weighted by atomic mass is 16.4. The predicted octanol–water partition coefficient (Wildman–Crippen LogP) is 3.07. The molecule has 110 valence electrons. The summed E-state index contributed by atoms with van der Waals surface area (Å²) in [6.45, 7) is 3.49. The van der Waals surface area contributed by atoms with Gasteiger partial charge in [0.1, 0.15) is 6.04 Å². The SMILES string of the molecule is CC(C)[C@H](NC(=O)Nc1ccc2ccccc2c1)C(=O)O. The van der Waals surface area contributed by atoms with Crippen LogP contribution >= 0.6 is 0 Å². The van der Waals surface area contributed by atoms with E-state index >= 15 is 0 Å². The summed E-state index contributed by atoms with van der Waals surface area (Å²) in [5, 5.41) is 16.3. The molecule has 0 saturated carbocycles. The zero-order chi connectivity index (χ0) is 15.4. The summed E-state index contributed by atoms with van der Waals surface area (Å²) in [5.74, 6) is -1.23. The molecule has 0 radical (unpaired) electrons. The fourth-order valence-corrected chi connectivity index (χ4v) is 2.09. The number of anilines is 1. The Hall–Kier alpha value is -2.56. The summed E-state index contributed by atoms with van der Waals surface area (Å²) in [6.07, 6.45) is 0. The summed E-state index contributed by atoms with van der Waals surface area (Å²) in [4.78, 5) is 22.9. The quantitative estimate of drug-likeness (QED) is 0.808. The molecule has 0 aromatic heterocycles. The van der Waals surface area contributed by atoms with Crippen LogP contribution in [0.1, 0.15) is 13.8 Å². The lowest BCUT2D eigenvalue weighted by atomic mass is 10.1. The van der Waals surface area contributed by atoms with Gasteiger partial charge in [-0.05, 0) is 28.8 Å². The summed E-state index contributed by atoms with van der Waals surface area (Å²) >= 11 is 0. The number of carbonyl (C=O) groups is 2. The number of aliphatic carboxylic acids is 1. The van der Waals surface area contributed by atoms with Crippen LogP contribution in [-0.2, 0) is 4.79 Å². The molecule has 2 aromatic carbocycles. The molecule has 2 rings (SSSR count). The Morgan fingerprint density at radius 1 is 1.05 bits per heavy atom. The van der Waals surface area contributed by atoms with Crippen LogP contribution in [0.2, 0.25) is 0 Å². The number of hydrogen-bond donors (Lipinski definition) is 3. The zero-order valence-corrected chi connectivity index (χ0v) is 12.0. The third-order valence-corrected chi connectivity index (χ3v) is 3.23. The van der Waals surface area contributed by atoms with Gasteiger partial charge >= 0.3 is 12.0 Å². The van der Waals surface area contributed by atoms with Crippen molar-refractivity contribution in [2.45, 2.75) is 19.9 Å². The van der Waals surface area contributed by atoms with Crippen molar-refractivity contribution >= 4 is 28.5 Å². The van der Waals surface area contributed by atoms with Crippen molar-refractivity contribution in [1.29, 1.82) is 0 Å². The second kappa shape index (κ2) is 6.26. The van der Waals surface area contributed by atoms with Gasteiger partial charge in [0.15, 0.2) is 0 Å².